The van der Waals surface area contributed by atoms with E-state index >= 15 is 0 Å². The van der Waals surface area contributed by atoms with E-state index in [9.17, 15) is 19.4 Å². The van der Waals surface area contributed by atoms with Crippen molar-refractivity contribution in [2.24, 2.45) is 5.92 Å². The third kappa shape index (κ3) is 5.61. The molecular weight excluding hydrogens is 235 g/mol. The van der Waals surface area contributed by atoms with Gasteiger partial charge >= 0.3 is 10.2 Å². The van der Waals surface area contributed by atoms with Gasteiger partial charge in [-0.3, -0.25) is 0 Å². The van der Waals surface area contributed by atoms with Gasteiger partial charge in [0.25, 0.3) is 0 Å². The molecule has 0 spiro atoms. The Hall–Kier alpha value is -0.780. The Morgan fingerprint density at radius 2 is 1.60 bits per heavy atom. The van der Waals surface area contributed by atoms with Crippen LogP contribution in [0.5, 0.6) is 0 Å². The first-order valence-electron chi connectivity index (χ1n) is 4.12. The van der Waals surface area contributed by atoms with Crippen LogP contribution in [0.25, 0.3) is 0 Å². The maximum Gasteiger partial charge on any atom is 0.310 e. The van der Waals surface area contributed by atoms with Crippen molar-refractivity contribution in [3.05, 3.63) is 35.8 Å². The lowest BCUT2D eigenvalue weighted by molar-refractivity contribution is 0.380. The Bertz CT molecular complexity index is 306. The normalized spacial score (nSPS) is 19.1. The zero-order chi connectivity index (χ0) is 12.4. The van der Waals surface area contributed by atoms with Gasteiger partial charge in [-0.05, 0) is 18.1 Å². The highest BCUT2D eigenvalue weighted by Crippen LogP contribution is 3.02. The van der Waals surface area contributed by atoms with Crippen molar-refractivity contribution in [1.82, 2.24) is 0 Å². The van der Waals surface area contributed by atoms with Crippen molar-refractivity contribution in [3.63, 3.8) is 0 Å². The summed E-state index contributed by atoms with van der Waals surface area (Å²) in [5.74, 6) is -0.00848. The van der Waals surface area contributed by atoms with Gasteiger partial charge in [-0.1, -0.05) is 52.0 Å². The summed E-state index contributed by atoms with van der Waals surface area (Å²) in [6.45, 7) is 6.18. The molecule has 0 rings (SSSR count). The van der Waals surface area contributed by atoms with Crippen molar-refractivity contribution in [3.8, 4) is 0 Å². The van der Waals surface area contributed by atoms with E-state index in [4.69, 9.17) is 0 Å². The van der Waals surface area contributed by atoms with Crippen LogP contribution in [0.3, 0.4) is 0 Å². The number of halogens is 5. The summed E-state index contributed by atoms with van der Waals surface area (Å²) in [5, 5.41) is 0. The van der Waals surface area contributed by atoms with Crippen LogP contribution in [0.15, 0.2) is 35.8 Å². The lowest BCUT2D eigenvalue weighted by atomic mass is 10.2. The van der Waals surface area contributed by atoms with Gasteiger partial charge in [0.05, 0.1) is 0 Å². The van der Waals surface area contributed by atoms with Crippen LogP contribution >= 0.6 is 10.2 Å². The van der Waals surface area contributed by atoms with E-state index in [0.717, 1.165) is 6.08 Å². The Labute approximate surface area is 85.9 Å². The molecule has 0 atom stereocenters. The molecule has 0 saturated carbocycles. The minimum absolute atomic E-state index is 0.00848. The van der Waals surface area contributed by atoms with Crippen molar-refractivity contribution in [2.75, 3.05) is 0 Å². The number of hydrogen-bond acceptors (Lipinski definition) is 0. The average molecular weight is 248 g/mol. The minimum atomic E-state index is -9.57. The van der Waals surface area contributed by atoms with Gasteiger partial charge in [0.1, 0.15) is 4.91 Å². The quantitative estimate of drug-likeness (QED) is 0.451. The topological polar surface area (TPSA) is 0 Å². The molecule has 0 saturated heterocycles. The van der Waals surface area contributed by atoms with Crippen LogP contribution in [0.1, 0.15) is 13.8 Å². The molecular formula is C9H13F5S. The highest BCUT2D eigenvalue weighted by Gasteiger charge is 2.65. The summed E-state index contributed by atoms with van der Waals surface area (Å²) in [4.78, 5) is -1.97. The van der Waals surface area contributed by atoms with E-state index in [1.807, 2.05) is 0 Å². The van der Waals surface area contributed by atoms with Gasteiger partial charge in [0, 0.05) is 0 Å². The van der Waals surface area contributed by atoms with E-state index in [1.165, 1.54) is 6.08 Å². The number of allylic oxidation sites excluding steroid dienone is 4. The molecule has 0 aliphatic heterocycles. The second-order valence-electron chi connectivity index (χ2n) is 3.37. The molecule has 6 heteroatoms. The second-order valence-corrected chi connectivity index (χ2v) is 5.78. The molecule has 0 nitrogen and oxygen atoms in total. The predicted molar refractivity (Wildman–Crippen MR) is 55.4 cm³/mol. The molecule has 0 radical (unpaired) electrons. The summed E-state index contributed by atoms with van der Waals surface area (Å²) < 4.78 is 61.2. The summed E-state index contributed by atoms with van der Waals surface area (Å²) in [5.41, 5.74) is 0. The molecule has 0 aromatic heterocycles. The molecule has 0 aromatic carbocycles. The van der Waals surface area contributed by atoms with Gasteiger partial charge in [-0.25, -0.2) is 0 Å². The average Bonchev–Trinajstić information content (AvgIpc) is 1.92. The third-order valence-corrected chi connectivity index (χ3v) is 2.60. The highest BCUT2D eigenvalue weighted by atomic mass is 32.5. The van der Waals surface area contributed by atoms with Crippen LogP contribution in [0, 0.1) is 5.92 Å². The first kappa shape index (κ1) is 14.2. The van der Waals surface area contributed by atoms with E-state index in [-0.39, 0.29) is 12.0 Å². The van der Waals surface area contributed by atoms with E-state index < -0.39 is 15.1 Å². The predicted octanol–water partition coefficient (Wildman–Crippen LogP) is 5.57. The van der Waals surface area contributed by atoms with Crippen LogP contribution in [0.4, 0.5) is 19.4 Å². The van der Waals surface area contributed by atoms with E-state index in [2.05, 4.69) is 6.58 Å². The van der Waals surface area contributed by atoms with Crippen LogP contribution in [-0.4, -0.2) is 0 Å². The monoisotopic (exact) mass is 248 g/mol. The van der Waals surface area contributed by atoms with E-state index in [1.54, 1.807) is 13.8 Å². The molecule has 15 heavy (non-hydrogen) atoms. The lowest BCUT2D eigenvalue weighted by Gasteiger charge is -2.41. The standard InChI is InChI=1S/C9H13F5S/c1-4-9(7-5-6-8(2)3)15(10,11,12,13)14/h4-8H,1H2,2-3H3/b6-5?,9-7+. The first-order chi connectivity index (χ1) is 6.36. The van der Waals surface area contributed by atoms with Gasteiger partial charge in [0.2, 0.25) is 0 Å². The number of hydrogen-bond donors (Lipinski definition) is 0. The Balaban J connectivity index is 5.22. The van der Waals surface area contributed by atoms with Crippen molar-refractivity contribution >= 4 is 10.2 Å². The molecule has 0 bridgehead atoms. The summed E-state index contributed by atoms with van der Waals surface area (Å²) in [6, 6.07) is 0. The molecule has 90 valence electrons. The number of rotatable bonds is 4. The molecule has 0 N–H and O–H groups in total. The fourth-order valence-electron chi connectivity index (χ4n) is 0.727. The maximum absolute atomic E-state index is 12.2. The fraction of sp³-hybridized carbons (Fsp3) is 0.333. The van der Waals surface area contributed by atoms with Gasteiger partial charge in [-0.2, -0.15) is 0 Å². The zero-order valence-electron chi connectivity index (χ0n) is 8.39. The summed E-state index contributed by atoms with van der Waals surface area (Å²) in [7, 11) is -9.57. The highest BCUT2D eigenvalue weighted by molar-refractivity contribution is 8.48. The smallest absolute Gasteiger partial charge is 0.0976 e. The molecule has 0 heterocycles. The van der Waals surface area contributed by atoms with Crippen LogP contribution in [-0.2, 0) is 0 Å². The molecule has 0 aromatic rings. The fourth-order valence-corrected chi connectivity index (χ4v) is 1.38. The minimum Gasteiger partial charge on any atom is -0.0976 e. The maximum atomic E-state index is 12.2. The molecule has 0 fully saturated rings. The van der Waals surface area contributed by atoms with Crippen molar-refractivity contribution in [2.45, 2.75) is 13.8 Å². The lowest BCUT2D eigenvalue weighted by Crippen LogP contribution is -2.06. The van der Waals surface area contributed by atoms with Crippen molar-refractivity contribution < 1.29 is 19.4 Å². The zero-order valence-corrected chi connectivity index (χ0v) is 9.21. The molecule has 0 amide bonds. The van der Waals surface area contributed by atoms with Gasteiger partial charge in [-0.15, -0.1) is 0 Å². The Morgan fingerprint density at radius 3 is 1.87 bits per heavy atom. The summed E-state index contributed by atoms with van der Waals surface area (Å²) in [6.07, 6.45) is 2.81. The van der Waals surface area contributed by atoms with Gasteiger partial charge in [0.15, 0.2) is 0 Å². The van der Waals surface area contributed by atoms with Crippen LogP contribution in [0.2, 0.25) is 0 Å². The van der Waals surface area contributed by atoms with Crippen LogP contribution < -0.4 is 0 Å². The molecule has 0 aliphatic rings. The van der Waals surface area contributed by atoms with Gasteiger partial charge < -0.3 is 0 Å². The Morgan fingerprint density at radius 1 is 1.13 bits per heavy atom. The molecule has 0 aliphatic carbocycles. The van der Waals surface area contributed by atoms with E-state index in [0.29, 0.717) is 6.08 Å². The first-order valence-corrected chi connectivity index (χ1v) is 6.07. The third-order valence-electron chi connectivity index (χ3n) is 1.40. The van der Waals surface area contributed by atoms with Crippen molar-refractivity contribution in [1.29, 1.82) is 0 Å². The Kier molecular flexibility index (Phi) is 3.19. The molecule has 0 unspecified atom stereocenters. The SMILES string of the molecule is C=C/C(=C\C=CC(C)C)S(F)(F)(F)(F)F. The summed E-state index contributed by atoms with van der Waals surface area (Å²) >= 11 is 0. The largest absolute Gasteiger partial charge is 0.310 e. The second kappa shape index (κ2) is 3.37.